The van der Waals surface area contributed by atoms with Gasteiger partial charge in [-0.3, -0.25) is 4.79 Å². The van der Waals surface area contributed by atoms with Gasteiger partial charge in [0.2, 0.25) is 0 Å². The highest BCUT2D eigenvalue weighted by molar-refractivity contribution is 6.74. The van der Waals surface area contributed by atoms with Crippen molar-refractivity contribution < 1.29 is 18.8 Å². The minimum Gasteiger partial charge on any atom is -0.454 e. The van der Waals surface area contributed by atoms with E-state index in [-0.39, 0.29) is 16.8 Å². The maximum Gasteiger partial charge on any atom is 0.339 e. The van der Waals surface area contributed by atoms with Gasteiger partial charge in [-0.1, -0.05) is 69.3 Å². The topological polar surface area (TPSA) is 52.6 Å². The van der Waals surface area contributed by atoms with Crippen molar-refractivity contribution in [2.24, 2.45) is 0 Å². The van der Waals surface area contributed by atoms with Gasteiger partial charge in [-0.25, -0.2) is 4.79 Å². The quantitative estimate of drug-likeness (QED) is 0.386. The summed E-state index contributed by atoms with van der Waals surface area (Å²) in [4.78, 5) is 26.5. The van der Waals surface area contributed by atoms with Gasteiger partial charge < -0.3 is 9.16 Å². The molecule has 172 valence electrons. The first-order chi connectivity index (χ1) is 15.1. The van der Waals surface area contributed by atoms with Crippen molar-refractivity contribution in [3.63, 3.8) is 0 Å². The molecule has 5 heteroatoms. The minimum atomic E-state index is -2.19. The third-order valence-electron chi connectivity index (χ3n) is 6.81. The van der Waals surface area contributed by atoms with Crippen molar-refractivity contribution in [1.82, 2.24) is 0 Å². The summed E-state index contributed by atoms with van der Waals surface area (Å²) in [6.45, 7) is 10.8. The molecule has 0 aliphatic carbocycles. The van der Waals surface area contributed by atoms with Gasteiger partial charge >= 0.3 is 5.97 Å². The van der Waals surface area contributed by atoms with Gasteiger partial charge in [-0.05, 0) is 54.6 Å². The number of hydrogen-bond acceptors (Lipinski definition) is 4. The molecule has 0 N–H and O–H groups in total. The molecule has 2 aromatic carbocycles. The molecule has 0 bridgehead atoms. The van der Waals surface area contributed by atoms with Gasteiger partial charge in [0.25, 0.3) is 0 Å². The first-order valence-electron chi connectivity index (χ1n) is 11.6. The predicted molar refractivity (Wildman–Crippen MR) is 130 cm³/mol. The van der Waals surface area contributed by atoms with E-state index in [4.69, 9.17) is 9.16 Å². The molecule has 0 unspecified atom stereocenters. The van der Waals surface area contributed by atoms with Crippen LogP contribution in [0.25, 0.3) is 0 Å². The summed E-state index contributed by atoms with van der Waals surface area (Å²) in [6, 6.07) is 17.3. The third kappa shape index (κ3) is 5.96. The van der Waals surface area contributed by atoms with Gasteiger partial charge in [0.15, 0.2) is 14.1 Å². The molecule has 2 aromatic rings. The van der Waals surface area contributed by atoms with E-state index in [0.717, 1.165) is 30.4 Å². The van der Waals surface area contributed by atoms with Crippen LogP contribution >= 0.6 is 0 Å². The van der Waals surface area contributed by atoms with Crippen molar-refractivity contribution in [2.45, 2.75) is 83.2 Å². The van der Waals surface area contributed by atoms with Crippen molar-refractivity contribution >= 4 is 20.1 Å². The Hall–Kier alpha value is -2.24. The fourth-order valence-electron chi connectivity index (χ4n) is 3.80. The third-order valence-corrected chi connectivity index (χ3v) is 11.3. The van der Waals surface area contributed by atoms with Crippen LogP contribution in [0.1, 0.15) is 74.0 Å². The number of hydrogen-bond donors (Lipinski definition) is 0. The van der Waals surface area contributed by atoms with Gasteiger partial charge in [0.05, 0.1) is 5.56 Å². The summed E-state index contributed by atoms with van der Waals surface area (Å²) < 4.78 is 12.7. The van der Waals surface area contributed by atoms with Crippen LogP contribution in [-0.4, -0.2) is 26.2 Å². The highest BCUT2D eigenvalue weighted by Gasteiger charge is 2.41. The normalized spacial score (nSPS) is 21.2. The summed E-state index contributed by atoms with van der Waals surface area (Å²) in [6.07, 6.45) is 2.08. The second-order valence-electron chi connectivity index (χ2n) is 10.2. The van der Waals surface area contributed by atoms with Crippen molar-refractivity contribution in [3.05, 3.63) is 71.3 Å². The van der Waals surface area contributed by atoms with E-state index in [1.807, 2.05) is 54.6 Å². The highest BCUT2D eigenvalue weighted by atomic mass is 28.4. The lowest BCUT2D eigenvalue weighted by Gasteiger charge is -2.39. The highest BCUT2D eigenvalue weighted by Crippen LogP contribution is 2.39. The van der Waals surface area contributed by atoms with Crippen LogP contribution in [0.3, 0.4) is 0 Å². The van der Waals surface area contributed by atoms with Gasteiger partial charge in [0, 0.05) is 12.8 Å². The minimum absolute atomic E-state index is 0.0190. The molecule has 2 atom stereocenters. The molecule has 0 saturated carbocycles. The van der Waals surface area contributed by atoms with Crippen LogP contribution in [0.4, 0.5) is 0 Å². The standard InChI is InChI=1S/C27H36O4Si/c1-27(2,3)32(4,5)31-25-19-24(21-15-7-6-8-16-21)30-26(29)22-17-11-9-13-20(22)14-10-12-18-23(25)28/h6-9,11,13,15-17,24-25H,10,12,14,18-19H2,1-5H3/t24-,25-/m1/s1. The Bertz CT molecular complexity index is 930. The number of fused-ring (bicyclic) bond motifs is 1. The van der Waals surface area contributed by atoms with Crippen LogP contribution in [0.15, 0.2) is 54.6 Å². The lowest BCUT2D eigenvalue weighted by Crippen LogP contribution is -2.46. The summed E-state index contributed by atoms with van der Waals surface area (Å²) in [5.41, 5.74) is 2.47. The van der Waals surface area contributed by atoms with Crippen LogP contribution < -0.4 is 0 Å². The summed E-state index contributed by atoms with van der Waals surface area (Å²) in [5.74, 6) is -0.228. The number of cyclic esters (lactones) is 1. The number of carbonyl (C=O) groups excluding carboxylic acids is 2. The lowest BCUT2D eigenvalue weighted by molar-refractivity contribution is -0.128. The van der Waals surface area contributed by atoms with Crippen LogP contribution in [-0.2, 0) is 20.4 Å². The Labute approximate surface area is 193 Å². The monoisotopic (exact) mass is 452 g/mol. The fraction of sp³-hybridized carbons (Fsp3) is 0.481. The van der Waals surface area contributed by atoms with Crippen LogP contribution in [0.5, 0.6) is 0 Å². The lowest BCUT2D eigenvalue weighted by atomic mass is 9.96. The molecule has 1 heterocycles. The average molecular weight is 453 g/mol. The number of ketones is 1. The average Bonchev–Trinajstić information content (AvgIpc) is 2.74. The fourth-order valence-corrected chi connectivity index (χ4v) is 5.09. The largest absolute Gasteiger partial charge is 0.454 e. The summed E-state index contributed by atoms with van der Waals surface area (Å²) in [5, 5.41) is -0.0190. The maximum absolute atomic E-state index is 13.3. The second-order valence-corrected chi connectivity index (χ2v) is 15.0. The molecular formula is C27H36O4Si. The Kier molecular flexibility index (Phi) is 7.73. The SMILES string of the molecule is CC(C)(C)[Si](C)(C)O[C@@H]1C[C@H](c2ccccc2)OC(=O)c2ccccc2CCCCC1=O. The number of ether oxygens (including phenoxy) is 1. The maximum atomic E-state index is 13.3. The predicted octanol–water partition coefficient (Wildman–Crippen LogP) is 6.66. The molecule has 0 aromatic heterocycles. The van der Waals surface area contributed by atoms with Crippen molar-refractivity contribution in [3.8, 4) is 0 Å². The Balaban J connectivity index is 1.98. The van der Waals surface area contributed by atoms with E-state index in [2.05, 4.69) is 33.9 Å². The van der Waals surface area contributed by atoms with E-state index in [9.17, 15) is 9.59 Å². The zero-order chi connectivity index (χ0) is 23.4. The molecule has 32 heavy (non-hydrogen) atoms. The van der Waals surface area contributed by atoms with E-state index < -0.39 is 20.5 Å². The van der Waals surface area contributed by atoms with Crippen LogP contribution in [0, 0.1) is 0 Å². The summed E-state index contributed by atoms with van der Waals surface area (Å²) >= 11 is 0. The zero-order valence-corrected chi connectivity index (χ0v) is 21.0. The van der Waals surface area contributed by atoms with E-state index in [1.54, 1.807) is 0 Å². The molecule has 0 spiro atoms. The first-order valence-corrected chi connectivity index (χ1v) is 14.5. The van der Waals surface area contributed by atoms with Crippen molar-refractivity contribution in [1.29, 1.82) is 0 Å². The number of carbonyl (C=O) groups is 2. The molecule has 0 radical (unpaired) electrons. The zero-order valence-electron chi connectivity index (χ0n) is 20.0. The number of Topliss-reactive ketones (excluding diaryl/α,β-unsaturated/α-hetero) is 1. The molecule has 0 amide bonds. The van der Waals surface area contributed by atoms with E-state index in [1.165, 1.54) is 0 Å². The molecule has 1 aliphatic rings. The Morgan fingerprint density at radius 3 is 2.22 bits per heavy atom. The van der Waals surface area contributed by atoms with Gasteiger partial charge in [-0.15, -0.1) is 0 Å². The molecular weight excluding hydrogens is 416 g/mol. The van der Waals surface area contributed by atoms with Crippen LogP contribution in [0.2, 0.25) is 18.1 Å². The number of rotatable bonds is 3. The smallest absolute Gasteiger partial charge is 0.339 e. The van der Waals surface area contributed by atoms with E-state index in [0.29, 0.717) is 18.4 Å². The number of esters is 1. The molecule has 0 saturated heterocycles. The number of benzene rings is 2. The first kappa shape index (κ1) is 24.4. The molecule has 3 rings (SSSR count). The Morgan fingerprint density at radius 1 is 0.906 bits per heavy atom. The summed E-state index contributed by atoms with van der Waals surface area (Å²) in [7, 11) is -2.19. The Morgan fingerprint density at radius 2 is 1.53 bits per heavy atom. The van der Waals surface area contributed by atoms with Gasteiger partial charge in [-0.2, -0.15) is 0 Å². The van der Waals surface area contributed by atoms with E-state index >= 15 is 0 Å². The molecule has 1 aliphatic heterocycles. The molecule has 0 fully saturated rings. The molecule has 4 nitrogen and oxygen atoms in total. The van der Waals surface area contributed by atoms with Crippen molar-refractivity contribution in [2.75, 3.05) is 0 Å². The van der Waals surface area contributed by atoms with Gasteiger partial charge in [0.1, 0.15) is 12.2 Å². The number of aryl methyl sites for hydroxylation is 1. The second kappa shape index (κ2) is 10.1.